The zero-order chi connectivity index (χ0) is 13.2. The van der Waals surface area contributed by atoms with E-state index in [1.165, 1.54) is 0 Å². The van der Waals surface area contributed by atoms with E-state index in [9.17, 15) is 0 Å². The van der Waals surface area contributed by atoms with Gasteiger partial charge in [0, 0.05) is 25.6 Å². The fraction of sp³-hybridized carbons (Fsp3) is 0.286. The lowest BCUT2D eigenvalue weighted by atomic mass is 10.1. The molecule has 2 N–H and O–H groups in total. The normalized spacial score (nSPS) is 11.3. The summed E-state index contributed by atoms with van der Waals surface area (Å²) in [4.78, 5) is 11.9. The van der Waals surface area contributed by atoms with Crippen molar-refractivity contribution in [2.24, 2.45) is 7.05 Å². The number of hydrogen-bond acceptors (Lipinski definition) is 3. The van der Waals surface area contributed by atoms with Crippen LogP contribution in [0.15, 0.2) is 30.7 Å². The van der Waals surface area contributed by atoms with Crippen LogP contribution in [0.2, 0.25) is 0 Å². The highest BCUT2D eigenvalue weighted by Gasteiger charge is 2.09. The summed E-state index contributed by atoms with van der Waals surface area (Å²) < 4.78 is 2.15. The van der Waals surface area contributed by atoms with Gasteiger partial charge in [0.25, 0.3) is 0 Å². The van der Waals surface area contributed by atoms with Crippen molar-refractivity contribution in [3.05, 3.63) is 36.5 Å². The molecule has 0 aliphatic carbocycles. The summed E-state index contributed by atoms with van der Waals surface area (Å²) in [5, 5.41) is 3.15. The minimum absolute atomic E-state index is 0.930. The number of aromatic amines is 1. The summed E-state index contributed by atoms with van der Waals surface area (Å²) >= 11 is 0. The molecule has 0 saturated heterocycles. The lowest BCUT2D eigenvalue weighted by Gasteiger charge is -2.06. The van der Waals surface area contributed by atoms with Crippen LogP contribution in [-0.4, -0.2) is 33.1 Å². The maximum absolute atomic E-state index is 4.49. The zero-order valence-electron chi connectivity index (χ0n) is 11.1. The van der Waals surface area contributed by atoms with E-state index < -0.39 is 0 Å². The number of imidazole rings is 2. The number of nitrogens with one attached hydrogen (secondary N) is 2. The lowest BCUT2D eigenvalue weighted by molar-refractivity contribution is 0.720. The van der Waals surface area contributed by atoms with Gasteiger partial charge in [-0.25, -0.2) is 9.97 Å². The molecule has 0 unspecified atom stereocenters. The molecule has 0 aliphatic rings. The molecule has 1 aromatic carbocycles. The highest BCUT2D eigenvalue weighted by molar-refractivity contribution is 5.80. The summed E-state index contributed by atoms with van der Waals surface area (Å²) in [6, 6.07) is 6.23. The van der Waals surface area contributed by atoms with Crippen molar-refractivity contribution in [3.8, 4) is 11.3 Å². The van der Waals surface area contributed by atoms with Crippen molar-refractivity contribution in [1.29, 1.82) is 0 Å². The van der Waals surface area contributed by atoms with Gasteiger partial charge >= 0.3 is 0 Å². The standard InChI is InChI=1S/C14H17N5/c1-15-6-5-14-16-8-13(19(14)2)10-3-4-11-12(7-10)18-9-17-11/h3-4,7-9,15H,5-6H2,1-2H3,(H,17,18). The number of aromatic nitrogens is 4. The Balaban J connectivity index is 1.98. The first-order valence-electron chi connectivity index (χ1n) is 6.38. The second-order valence-electron chi connectivity index (χ2n) is 4.61. The average molecular weight is 255 g/mol. The van der Waals surface area contributed by atoms with Gasteiger partial charge in [0.05, 0.1) is 29.3 Å². The van der Waals surface area contributed by atoms with Gasteiger partial charge in [-0.05, 0) is 19.2 Å². The largest absolute Gasteiger partial charge is 0.345 e. The smallest absolute Gasteiger partial charge is 0.110 e. The minimum Gasteiger partial charge on any atom is -0.345 e. The predicted octanol–water partition coefficient (Wildman–Crippen LogP) is 1.73. The average Bonchev–Trinajstić information content (AvgIpc) is 3.02. The summed E-state index contributed by atoms with van der Waals surface area (Å²) in [6.07, 6.45) is 4.58. The topological polar surface area (TPSA) is 58.5 Å². The van der Waals surface area contributed by atoms with Crippen LogP contribution >= 0.6 is 0 Å². The highest BCUT2D eigenvalue weighted by atomic mass is 15.1. The molecule has 0 atom stereocenters. The van der Waals surface area contributed by atoms with Crippen molar-refractivity contribution in [2.45, 2.75) is 6.42 Å². The van der Waals surface area contributed by atoms with E-state index in [4.69, 9.17) is 0 Å². The number of likely N-dealkylation sites (N-methyl/N-ethyl adjacent to an activating group) is 1. The first kappa shape index (κ1) is 11.9. The molecule has 2 aromatic heterocycles. The van der Waals surface area contributed by atoms with Gasteiger partial charge in [0.1, 0.15) is 5.82 Å². The second kappa shape index (κ2) is 4.85. The monoisotopic (exact) mass is 255 g/mol. The SMILES string of the molecule is CNCCc1ncc(-c2ccc3nc[nH]c3c2)n1C. The predicted molar refractivity (Wildman–Crippen MR) is 75.9 cm³/mol. The van der Waals surface area contributed by atoms with Gasteiger partial charge in [0.2, 0.25) is 0 Å². The molecule has 0 bridgehead atoms. The Bertz CT molecular complexity index is 695. The van der Waals surface area contributed by atoms with Gasteiger partial charge in [-0.15, -0.1) is 0 Å². The Labute approximate surface area is 111 Å². The van der Waals surface area contributed by atoms with Gasteiger partial charge in [-0.1, -0.05) is 6.07 Å². The van der Waals surface area contributed by atoms with E-state index in [0.29, 0.717) is 0 Å². The van der Waals surface area contributed by atoms with Gasteiger partial charge < -0.3 is 14.9 Å². The number of benzene rings is 1. The zero-order valence-corrected chi connectivity index (χ0v) is 11.1. The highest BCUT2D eigenvalue weighted by Crippen LogP contribution is 2.23. The van der Waals surface area contributed by atoms with Gasteiger partial charge in [-0.2, -0.15) is 0 Å². The molecule has 98 valence electrons. The van der Waals surface area contributed by atoms with Crippen molar-refractivity contribution in [3.63, 3.8) is 0 Å². The van der Waals surface area contributed by atoms with Gasteiger partial charge in [0.15, 0.2) is 0 Å². The van der Waals surface area contributed by atoms with Crippen LogP contribution in [0.5, 0.6) is 0 Å². The third kappa shape index (κ3) is 2.13. The quantitative estimate of drug-likeness (QED) is 0.746. The second-order valence-corrected chi connectivity index (χ2v) is 4.61. The first-order chi connectivity index (χ1) is 9.29. The fourth-order valence-electron chi connectivity index (χ4n) is 2.28. The molecule has 2 heterocycles. The third-order valence-corrected chi connectivity index (χ3v) is 3.40. The van der Waals surface area contributed by atoms with Crippen molar-refractivity contribution < 1.29 is 0 Å². The molecule has 3 rings (SSSR count). The fourth-order valence-corrected chi connectivity index (χ4v) is 2.28. The molecule has 0 spiro atoms. The maximum atomic E-state index is 4.49. The molecule has 0 radical (unpaired) electrons. The minimum atomic E-state index is 0.930. The summed E-state index contributed by atoms with van der Waals surface area (Å²) in [5.74, 6) is 1.09. The first-order valence-corrected chi connectivity index (χ1v) is 6.38. The molecule has 5 nitrogen and oxygen atoms in total. The van der Waals surface area contributed by atoms with Gasteiger partial charge in [-0.3, -0.25) is 0 Å². The molecule has 0 amide bonds. The Morgan fingerprint density at radius 3 is 3.05 bits per heavy atom. The van der Waals surface area contributed by atoms with Crippen LogP contribution in [0.3, 0.4) is 0 Å². The van der Waals surface area contributed by atoms with Crippen molar-refractivity contribution in [2.75, 3.05) is 13.6 Å². The van der Waals surface area contributed by atoms with Crippen LogP contribution in [0.25, 0.3) is 22.3 Å². The Kier molecular flexibility index (Phi) is 3.05. The summed E-state index contributed by atoms with van der Waals surface area (Å²) in [5.41, 5.74) is 4.32. The number of H-pyrrole nitrogens is 1. The summed E-state index contributed by atoms with van der Waals surface area (Å²) in [7, 11) is 4.01. The van der Waals surface area contributed by atoms with Crippen LogP contribution in [-0.2, 0) is 13.5 Å². The number of rotatable bonds is 4. The van der Waals surface area contributed by atoms with E-state index in [0.717, 1.165) is 41.1 Å². The Hall–Kier alpha value is -2.14. The molecular weight excluding hydrogens is 238 g/mol. The van der Waals surface area contributed by atoms with E-state index in [1.54, 1.807) is 6.33 Å². The molecule has 0 saturated carbocycles. The van der Waals surface area contributed by atoms with Crippen LogP contribution in [0.4, 0.5) is 0 Å². The van der Waals surface area contributed by atoms with E-state index in [-0.39, 0.29) is 0 Å². The number of fused-ring (bicyclic) bond motifs is 1. The molecule has 19 heavy (non-hydrogen) atoms. The maximum Gasteiger partial charge on any atom is 0.110 e. The molecule has 0 aliphatic heterocycles. The molecule has 5 heteroatoms. The molecular formula is C14H17N5. The summed E-state index contributed by atoms with van der Waals surface area (Å²) in [6.45, 7) is 0.934. The third-order valence-electron chi connectivity index (χ3n) is 3.40. The Morgan fingerprint density at radius 2 is 2.21 bits per heavy atom. The van der Waals surface area contributed by atoms with E-state index in [2.05, 4.69) is 44.0 Å². The van der Waals surface area contributed by atoms with E-state index >= 15 is 0 Å². The molecule has 0 fully saturated rings. The van der Waals surface area contributed by atoms with Crippen LogP contribution in [0.1, 0.15) is 5.82 Å². The van der Waals surface area contributed by atoms with Crippen LogP contribution < -0.4 is 5.32 Å². The number of nitrogens with zero attached hydrogens (tertiary/aromatic N) is 3. The molecule has 3 aromatic rings. The Morgan fingerprint density at radius 1 is 1.32 bits per heavy atom. The van der Waals surface area contributed by atoms with E-state index in [1.807, 2.05) is 19.3 Å². The van der Waals surface area contributed by atoms with Crippen molar-refractivity contribution >= 4 is 11.0 Å². The lowest BCUT2D eigenvalue weighted by Crippen LogP contribution is -2.13. The van der Waals surface area contributed by atoms with Crippen LogP contribution in [0, 0.1) is 0 Å². The van der Waals surface area contributed by atoms with Crippen molar-refractivity contribution in [1.82, 2.24) is 24.8 Å². The number of hydrogen-bond donors (Lipinski definition) is 2.